The SMILES string of the molecule is CC(C)OCCNc1ccc([N+](=O)[O-])nc1. The van der Waals surface area contributed by atoms with Gasteiger partial charge in [-0.2, -0.15) is 0 Å². The van der Waals surface area contributed by atoms with E-state index in [1.165, 1.54) is 12.3 Å². The van der Waals surface area contributed by atoms with Crippen molar-refractivity contribution >= 4 is 11.5 Å². The number of hydrogen-bond donors (Lipinski definition) is 1. The Labute approximate surface area is 93.8 Å². The van der Waals surface area contributed by atoms with E-state index in [2.05, 4.69) is 10.3 Å². The summed E-state index contributed by atoms with van der Waals surface area (Å²) in [6.07, 6.45) is 1.64. The summed E-state index contributed by atoms with van der Waals surface area (Å²) in [6.45, 7) is 5.17. The van der Waals surface area contributed by atoms with Crippen LogP contribution in [0.3, 0.4) is 0 Å². The summed E-state index contributed by atoms with van der Waals surface area (Å²) in [7, 11) is 0. The van der Waals surface area contributed by atoms with Crippen molar-refractivity contribution in [2.24, 2.45) is 0 Å². The van der Waals surface area contributed by atoms with E-state index in [1.807, 2.05) is 13.8 Å². The van der Waals surface area contributed by atoms with E-state index in [-0.39, 0.29) is 11.9 Å². The number of nitrogens with one attached hydrogen (secondary N) is 1. The third-order valence-electron chi connectivity index (χ3n) is 1.82. The monoisotopic (exact) mass is 225 g/mol. The Morgan fingerprint density at radius 2 is 2.31 bits per heavy atom. The molecule has 0 aliphatic heterocycles. The minimum Gasteiger partial charge on any atom is -0.380 e. The number of aromatic nitrogens is 1. The van der Waals surface area contributed by atoms with E-state index in [4.69, 9.17) is 4.74 Å². The third-order valence-corrected chi connectivity index (χ3v) is 1.82. The molecule has 0 aliphatic rings. The average Bonchev–Trinajstić information content (AvgIpc) is 2.25. The van der Waals surface area contributed by atoms with Crippen LogP contribution in [0.1, 0.15) is 13.8 Å². The minimum absolute atomic E-state index is 0.149. The summed E-state index contributed by atoms with van der Waals surface area (Å²) in [6, 6.07) is 2.99. The minimum atomic E-state index is -0.522. The highest BCUT2D eigenvalue weighted by atomic mass is 16.6. The molecule has 0 atom stereocenters. The second-order valence-electron chi connectivity index (χ2n) is 3.51. The predicted molar refractivity (Wildman–Crippen MR) is 60.5 cm³/mol. The van der Waals surface area contributed by atoms with Gasteiger partial charge in [0.15, 0.2) is 6.20 Å². The molecule has 1 N–H and O–H groups in total. The first kappa shape index (κ1) is 12.4. The zero-order valence-corrected chi connectivity index (χ0v) is 9.34. The van der Waals surface area contributed by atoms with Crippen molar-refractivity contribution in [2.45, 2.75) is 20.0 Å². The highest BCUT2D eigenvalue weighted by molar-refractivity contribution is 5.43. The normalized spacial score (nSPS) is 10.4. The molecule has 0 aliphatic carbocycles. The Hall–Kier alpha value is -1.69. The first-order valence-corrected chi connectivity index (χ1v) is 5.05. The summed E-state index contributed by atoms with van der Waals surface area (Å²) in [4.78, 5) is 13.5. The molecule has 0 unspecified atom stereocenters. The lowest BCUT2D eigenvalue weighted by Gasteiger charge is -2.08. The Kier molecular flexibility index (Phi) is 4.65. The van der Waals surface area contributed by atoms with Crippen LogP contribution in [-0.4, -0.2) is 29.2 Å². The summed E-state index contributed by atoms with van der Waals surface area (Å²) in [5.74, 6) is -0.149. The molecule has 1 rings (SSSR count). The summed E-state index contributed by atoms with van der Waals surface area (Å²) < 4.78 is 5.33. The zero-order chi connectivity index (χ0) is 12.0. The van der Waals surface area contributed by atoms with Gasteiger partial charge in [-0.25, -0.2) is 0 Å². The van der Waals surface area contributed by atoms with Gasteiger partial charge in [-0.3, -0.25) is 0 Å². The van der Waals surface area contributed by atoms with E-state index in [0.29, 0.717) is 13.2 Å². The first-order chi connectivity index (χ1) is 7.59. The quantitative estimate of drug-likeness (QED) is 0.454. The summed E-state index contributed by atoms with van der Waals surface area (Å²) in [5, 5.41) is 13.4. The van der Waals surface area contributed by atoms with Gasteiger partial charge in [-0.05, 0) is 29.8 Å². The third kappa shape index (κ3) is 4.22. The molecule has 0 radical (unpaired) electrons. The lowest BCUT2D eigenvalue weighted by molar-refractivity contribution is -0.389. The number of hydrogen-bond acceptors (Lipinski definition) is 5. The largest absolute Gasteiger partial charge is 0.380 e. The molecule has 1 heterocycles. The van der Waals surface area contributed by atoms with Crippen LogP contribution in [0.15, 0.2) is 18.3 Å². The number of nitro groups is 1. The molecule has 0 spiro atoms. The number of anilines is 1. The van der Waals surface area contributed by atoms with Crippen molar-refractivity contribution in [3.8, 4) is 0 Å². The van der Waals surface area contributed by atoms with Gasteiger partial charge in [0.05, 0.1) is 18.4 Å². The number of rotatable bonds is 6. The van der Waals surface area contributed by atoms with Crippen LogP contribution in [0.5, 0.6) is 0 Å². The first-order valence-electron chi connectivity index (χ1n) is 5.05. The lowest BCUT2D eigenvalue weighted by Crippen LogP contribution is -2.13. The molecule has 0 saturated carbocycles. The van der Waals surface area contributed by atoms with Gasteiger partial charge in [-0.1, -0.05) is 0 Å². The Morgan fingerprint density at radius 1 is 1.56 bits per heavy atom. The highest BCUT2D eigenvalue weighted by Crippen LogP contribution is 2.10. The summed E-state index contributed by atoms with van der Waals surface area (Å²) in [5.41, 5.74) is 0.748. The molecular weight excluding hydrogens is 210 g/mol. The van der Waals surface area contributed by atoms with Gasteiger partial charge in [0.2, 0.25) is 0 Å². The van der Waals surface area contributed by atoms with Crippen molar-refractivity contribution in [1.82, 2.24) is 4.98 Å². The molecule has 16 heavy (non-hydrogen) atoms. The van der Waals surface area contributed by atoms with Crippen LogP contribution in [0.25, 0.3) is 0 Å². The Morgan fingerprint density at radius 3 is 2.81 bits per heavy atom. The van der Waals surface area contributed by atoms with Crippen LogP contribution in [0.2, 0.25) is 0 Å². The van der Waals surface area contributed by atoms with Crippen molar-refractivity contribution < 1.29 is 9.66 Å². The molecule has 0 fully saturated rings. The summed E-state index contributed by atoms with van der Waals surface area (Å²) >= 11 is 0. The number of ether oxygens (including phenoxy) is 1. The van der Waals surface area contributed by atoms with E-state index < -0.39 is 4.92 Å². The predicted octanol–water partition coefficient (Wildman–Crippen LogP) is 1.83. The number of pyridine rings is 1. The van der Waals surface area contributed by atoms with Gasteiger partial charge in [0.1, 0.15) is 0 Å². The molecule has 0 bridgehead atoms. The molecular formula is C10H15N3O3. The average molecular weight is 225 g/mol. The van der Waals surface area contributed by atoms with E-state index in [1.54, 1.807) is 6.07 Å². The molecule has 6 heteroatoms. The van der Waals surface area contributed by atoms with Crippen molar-refractivity contribution in [3.05, 3.63) is 28.4 Å². The maximum absolute atomic E-state index is 10.4. The van der Waals surface area contributed by atoms with Gasteiger partial charge < -0.3 is 20.2 Å². The van der Waals surface area contributed by atoms with E-state index >= 15 is 0 Å². The standard InChI is InChI=1S/C10H15N3O3/c1-8(2)16-6-5-11-9-3-4-10(12-7-9)13(14)15/h3-4,7-8,11H,5-6H2,1-2H3. The maximum Gasteiger partial charge on any atom is 0.363 e. The molecule has 0 saturated heterocycles. The van der Waals surface area contributed by atoms with Crippen LogP contribution >= 0.6 is 0 Å². The van der Waals surface area contributed by atoms with Crippen LogP contribution < -0.4 is 5.32 Å². The topological polar surface area (TPSA) is 77.3 Å². The fourth-order valence-electron chi connectivity index (χ4n) is 1.09. The van der Waals surface area contributed by atoms with Crippen molar-refractivity contribution in [2.75, 3.05) is 18.5 Å². The maximum atomic E-state index is 10.4. The van der Waals surface area contributed by atoms with Gasteiger partial charge >= 0.3 is 5.82 Å². The van der Waals surface area contributed by atoms with Gasteiger partial charge in [-0.15, -0.1) is 0 Å². The Bertz CT molecular complexity index is 338. The molecule has 1 aromatic heterocycles. The second kappa shape index (κ2) is 6.02. The molecule has 1 aromatic rings. The van der Waals surface area contributed by atoms with Crippen LogP contribution in [-0.2, 0) is 4.74 Å². The fourth-order valence-corrected chi connectivity index (χ4v) is 1.09. The van der Waals surface area contributed by atoms with E-state index in [9.17, 15) is 10.1 Å². The van der Waals surface area contributed by atoms with E-state index in [0.717, 1.165) is 5.69 Å². The molecule has 6 nitrogen and oxygen atoms in total. The Balaban J connectivity index is 2.35. The number of nitrogens with zero attached hydrogens (tertiary/aromatic N) is 2. The van der Waals surface area contributed by atoms with Gasteiger partial charge in [0.25, 0.3) is 0 Å². The zero-order valence-electron chi connectivity index (χ0n) is 9.34. The lowest BCUT2D eigenvalue weighted by atomic mass is 10.4. The fraction of sp³-hybridized carbons (Fsp3) is 0.500. The smallest absolute Gasteiger partial charge is 0.363 e. The molecule has 88 valence electrons. The van der Waals surface area contributed by atoms with Gasteiger partial charge in [0, 0.05) is 12.6 Å². The van der Waals surface area contributed by atoms with Crippen LogP contribution in [0, 0.1) is 10.1 Å². The van der Waals surface area contributed by atoms with Crippen molar-refractivity contribution in [3.63, 3.8) is 0 Å². The van der Waals surface area contributed by atoms with Crippen molar-refractivity contribution in [1.29, 1.82) is 0 Å². The van der Waals surface area contributed by atoms with Crippen LogP contribution in [0.4, 0.5) is 11.5 Å². The second-order valence-corrected chi connectivity index (χ2v) is 3.51. The molecule has 0 aromatic carbocycles. The highest BCUT2D eigenvalue weighted by Gasteiger charge is 2.05. The molecule has 0 amide bonds.